The molecule has 3 N–H and O–H groups in total. The first-order valence-corrected chi connectivity index (χ1v) is 6.60. The molecule has 0 radical (unpaired) electrons. The molecule has 0 unspecified atom stereocenters. The predicted molar refractivity (Wildman–Crippen MR) is 74.0 cm³/mol. The highest BCUT2D eigenvalue weighted by Gasteiger charge is 2.05. The van der Waals surface area contributed by atoms with E-state index in [0.717, 1.165) is 11.5 Å². The number of aryl methyl sites for hydroxylation is 1. The second kappa shape index (κ2) is 5.68. The molecule has 6 heteroatoms. The maximum Gasteiger partial charge on any atom is 0.239 e. The van der Waals surface area contributed by atoms with Crippen molar-refractivity contribution in [2.24, 2.45) is 0 Å². The van der Waals surface area contributed by atoms with Gasteiger partial charge < -0.3 is 15.8 Å². The van der Waals surface area contributed by atoms with Gasteiger partial charge in [0.15, 0.2) is 0 Å². The van der Waals surface area contributed by atoms with Crippen LogP contribution in [0.2, 0.25) is 0 Å². The van der Waals surface area contributed by atoms with E-state index >= 15 is 0 Å². The minimum Gasteiger partial charge on any atom is -0.476 e. The fourth-order valence-corrected chi connectivity index (χ4v) is 2.19. The van der Waals surface area contributed by atoms with Crippen LogP contribution >= 0.6 is 11.3 Å². The highest BCUT2D eigenvalue weighted by molar-refractivity contribution is 7.09. The number of nitrogens with two attached hydrogens (primary N) is 1. The summed E-state index contributed by atoms with van der Waals surface area (Å²) in [5.74, 6) is 1.23. The van der Waals surface area contributed by atoms with Gasteiger partial charge in [-0.15, -0.1) is 11.3 Å². The number of hydrogen-bond acceptors (Lipinski definition) is 6. The molecule has 18 heavy (non-hydrogen) atoms. The van der Waals surface area contributed by atoms with Gasteiger partial charge in [-0.25, -0.2) is 4.98 Å². The van der Waals surface area contributed by atoms with Crippen LogP contribution in [-0.4, -0.2) is 16.6 Å². The first kappa shape index (κ1) is 12.6. The number of ether oxygens (including phenoxy) is 1. The fourth-order valence-electron chi connectivity index (χ4n) is 1.47. The Labute approximate surface area is 110 Å². The summed E-state index contributed by atoms with van der Waals surface area (Å²) in [5.41, 5.74) is 9.21. The summed E-state index contributed by atoms with van der Waals surface area (Å²) in [6.07, 6.45) is 0. The topological polar surface area (TPSA) is 73.1 Å². The summed E-state index contributed by atoms with van der Waals surface area (Å²) < 4.78 is 5.35. The van der Waals surface area contributed by atoms with E-state index in [1.54, 1.807) is 17.4 Å². The summed E-state index contributed by atoms with van der Waals surface area (Å²) in [4.78, 5) is 9.72. The molecular weight excluding hydrogens is 248 g/mol. The Kier molecular flexibility index (Phi) is 3.99. The van der Waals surface area contributed by atoms with Crippen molar-refractivity contribution >= 4 is 22.8 Å². The molecule has 5 nitrogen and oxygen atoms in total. The van der Waals surface area contributed by atoms with Gasteiger partial charge >= 0.3 is 0 Å². The van der Waals surface area contributed by atoms with Crippen molar-refractivity contribution in [3.05, 3.63) is 28.2 Å². The average molecular weight is 264 g/mol. The largest absolute Gasteiger partial charge is 0.476 e. The van der Waals surface area contributed by atoms with Crippen LogP contribution in [0.3, 0.4) is 0 Å². The Morgan fingerprint density at radius 1 is 1.44 bits per heavy atom. The van der Waals surface area contributed by atoms with Crippen LogP contribution in [0.4, 0.5) is 11.5 Å². The predicted octanol–water partition coefficient (Wildman–Crippen LogP) is 2.44. The van der Waals surface area contributed by atoms with Gasteiger partial charge in [0.1, 0.15) is 5.82 Å². The maximum atomic E-state index is 5.77. The number of thiazole rings is 1. The van der Waals surface area contributed by atoms with Crippen molar-refractivity contribution in [3.63, 3.8) is 0 Å². The molecule has 0 fully saturated rings. The number of nitrogens with one attached hydrogen (secondary N) is 1. The van der Waals surface area contributed by atoms with Crippen LogP contribution in [0.15, 0.2) is 17.6 Å². The number of anilines is 2. The lowest BCUT2D eigenvalue weighted by atomic mass is 10.3. The van der Waals surface area contributed by atoms with E-state index in [-0.39, 0.29) is 0 Å². The fraction of sp³-hybridized carbons (Fsp3) is 0.333. The molecule has 0 aliphatic carbocycles. The van der Waals surface area contributed by atoms with E-state index in [4.69, 9.17) is 10.5 Å². The van der Waals surface area contributed by atoms with E-state index in [0.29, 0.717) is 24.7 Å². The quantitative estimate of drug-likeness (QED) is 0.867. The van der Waals surface area contributed by atoms with Crippen LogP contribution in [0.1, 0.15) is 17.5 Å². The third kappa shape index (κ3) is 2.89. The smallest absolute Gasteiger partial charge is 0.239 e. The van der Waals surface area contributed by atoms with Crippen LogP contribution in [0.5, 0.6) is 5.88 Å². The van der Waals surface area contributed by atoms with Crippen molar-refractivity contribution in [2.75, 3.05) is 17.7 Å². The number of nitrogens with zero attached hydrogens (tertiary/aromatic N) is 2. The molecule has 0 amide bonds. The highest BCUT2D eigenvalue weighted by atomic mass is 32.1. The minimum absolute atomic E-state index is 0.475. The average Bonchev–Trinajstić information content (AvgIpc) is 2.76. The summed E-state index contributed by atoms with van der Waals surface area (Å²) in [7, 11) is 0. The summed E-state index contributed by atoms with van der Waals surface area (Å²) in [6, 6.07) is 3.63. The molecule has 0 aliphatic heterocycles. The Bertz CT molecular complexity index is 527. The van der Waals surface area contributed by atoms with Gasteiger partial charge in [0.25, 0.3) is 0 Å². The Morgan fingerprint density at radius 2 is 2.28 bits per heavy atom. The van der Waals surface area contributed by atoms with Gasteiger partial charge in [0, 0.05) is 4.88 Å². The Balaban J connectivity index is 2.05. The van der Waals surface area contributed by atoms with Crippen molar-refractivity contribution in [1.82, 2.24) is 9.97 Å². The van der Waals surface area contributed by atoms with Gasteiger partial charge in [0.2, 0.25) is 5.88 Å². The molecular formula is C12H16N4OS. The molecule has 0 saturated heterocycles. The number of pyridine rings is 1. The van der Waals surface area contributed by atoms with Gasteiger partial charge in [0.05, 0.1) is 30.0 Å². The third-order valence-electron chi connectivity index (χ3n) is 2.45. The van der Waals surface area contributed by atoms with E-state index < -0.39 is 0 Å². The first-order chi connectivity index (χ1) is 8.70. The lowest BCUT2D eigenvalue weighted by molar-refractivity contribution is 0.329. The van der Waals surface area contributed by atoms with Gasteiger partial charge in [-0.05, 0) is 26.0 Å². The van der Waals surface area contributed by atoms with Crippen LogP contribution in [-0.2, 0) is 6.54 Å². The van der Waals surface area contributed by atoms with Crippen molar-refractivity contribution in [1.29, 1.82) is 0 Å². The van der Waals surface area contributed by atoms with Crippen LogP contribution < -0.4 is 15.8 Å². The van der Waals surface area contributed by atoms with Crippen molar-refractivity contribution in [2.45, 2.75) is 20.4 Å². The molecule has 0 saturated carbocycles. The zero-order chi connectivity index (χ0) is 13.0. The molecule has 2 aromatic rings. The standard InChI is InChI=1S/C12H16N4OS/c1-3-17-12-9(13)4-5-11(16-12)14-6-10-8(2)15-7-18-10/h4-5,7H,3,6,13H2,1-2H3,(H,14,16). The zero-order valence-corrected chi connectivity index (χ0v) is 11.3. The van der Waals surface area contributed by atoms with Crippen LogP contribution in [0.25, 0.3) is 0 Å². The normalized spacial score (nSPS) is 10.3. The minimum atomic E-state index is 0.475. The van der Waals surface area contributed by atoms with E-state index in [9.17, 15) is 0 Å². The lowest BCUT2D eigenvalue weighted by Gasteiger charge is -2.09. The molecule has 2 aromatic heterocycles. The first-order valence-electron chi connectivity index (χ1n) is 5.73. The Morgan fingerprint density at radius 3 is 2.94 bits per heavy atom. The number of hydrogen-bond donors (Lipinski definition) is 2. The van der Waals surface area contributed by atoms with E-state index in [2.05, 4.69) is 15.3 Å². The van der Waals surface area contributed by atoms with E-state index in [1.165, 1.54) is 4.88 Å². The molecule has 2 rings (SSSR count). The summed E-state index contributed by atoms with van der Waals surface area (Å²) in [6.45, 7) is 5.16. The number of nitrogen functional groups attached to an aromatic ring is 1. The molecule has 0 aliphatic rings. The zero-order valence-electron chi connectivity index (χ0n) is 10.4. The second-order valence-electron chi connectivity index (χ2n) is 3.74. The molecule has 0 spiro atoms. The molecule has 96 valence electrons. The molecule has 0 atom stereocenters. The molecule has 0 aromatic carbocycles. The monoisotopic (exact) mass is 264 g/mol. The summed E-state index contributed by atoms with van der Waals surface area (Å²) >= 11 is 1.63. The molecule has 0 bridgehead atoms. The lowest BCUT2D eigenvalue weighted by Crippen LogP contribution is -2.04. The van der Waals surface area contributed by atoms with Gasteiger partial charge in [-0.2, -0.15) is 4.98 Å². The highest BCUT2D eigenvalue weighted by Crippen LogP contribution is 2.21. The summed E-state index contributed by atoms with van der Waals surface area (Å²) in [5, 5.41) is 3.24. The van der Waals surface area contributed by atoms with Crippen LogP contribution in [0, 0.1) is 6.92 Å². The second-order valence-corrected chi connectivity index (χ2v) is 4.68. The third-order valence-corrected chi connectivity index (χ3v) is 3.38. The number of aromatic nitrogens is 2. The van der Waals surface area contributed by atoms with E-state index in [1.807, 2.05) is 25.4 Å². The molecule has 2 heterocycles. The maximum absolute atomic E-state index is 5.77. The number of rotatable bonds is 5. The van der Waals surface area contributed by atoms with Crippen molar-refractivity contribution < 1.29 is 4.74 Å². The van der Waals surface area contributed by atoms with Gasteiger partial charge in [-0.1, -0.05) is 0 Å². The van der Waals surface area contributed by atoms with Crippen molar-refractivity contribution in [3.8, 4) is 5.88 Å². The van der Waals surface area contributed by atoms with Gasteiger partial charge in [-0.3, -0.25) is 0 Å². The Hall–Kier alpha value is -1.82. The SMILES string of the molecule is CCOc1nc(NCc2scnc2C)ccc1N.